The van der Waals surface area contributed by atoms with E-state index in [1.807, 2.05) is 0 Å². The summed E-state index contributed by atoms with van der Waals surface area (Å²) in [7, 11) is 0. The second-order valence-electron chi connectivity index (χ2n) is 3.38. The number of carboxylic acid groups (broad SMARTS) is 3. The van der Waals surface area contributed by atoms with Crippen LogP contribution in [0.25, 0.3) is 0 Å². The Kier molecular flexibility index (Phi) is 5.88. The van der Waals surface area contributed by atoms with Gasteiger partial charge >= 0.3 is 47.5 Å². The van der Waals surface area contributed by atoms with Crippen molar-refractivity contribution in [3.63, 3.8) is 0 Å². The summed E-state index contributed by atoms with van der Waals surface area (Å²) in [6.45, 7) is 1.06. The monoisotopic (exact) mass is 276 g/mol. The van der Waals surface area contributed by atoms with Crippen molar-refractivity contribution in [1.29, 1.82) is 0 Å². The molecule has 0 amide bonds. The molecule has 0 unspecified atom stereocenters. The Balaban J connectivity index is 0.00000324. The molecule has 1 aromatic rings. The van der Waals surface area contributed by atoms with Crippen LogP contribution in [0.1, 0.15) is 48.4 Å². The van der Waals surface area contributed by atoms with E-state index in [9.17, 15) is 19.2 Å². The van der Waals surface area contributed by atoms with E-state index in [4.69, 9.17) is 15.3 Å². The molecule has 19 heavy (non-hydrogen) atoms. The summed E-state index contributed by atoms with van der Waals surface area (Å²) in [5.74, 6) is -5.62. The summed E-state index contributed by atoms with van der Waals surface area (Å²) >= 11 is 0. The number of hydrogen-bond donors (Lipinski definition) is 3. The number of carbonyl (C=O) groups is 4. The molecule has 0 spiro atoms. The van der Waals surface area contributed by atoms with Crippen LogP contribution >= 0.6 is 0 Å². The predicted octanol–water partition coefficient (Wildman–Crippen LogP) is 0.335. The molecule has 0 aromatic heterocycles. The zero-order valence-corrected chi connectivity index (χ0v) is 9.13. The van der Waals surface area contributed by atoms with Gasteiger partial charge in [-0.2, -0.15) is 0 Å². The van der Waals surface area contributed by atoms with Gasteiger partial charge in [0.1, 0.15) is 0 Å². The molecule has 0 saturated heterocycles. The molecule has 8 heteroatoms. The Morgan fingerprint density at radius 2 is 1.16 bits per heavy atom. The third-order valence-electron chi connectivity index (χ3n) is 2.24. The van der Waals surface area contributed by atoms with E-state index < -0.39 is 40.4 Å². The van der Waals surface area contributed by atoms with Crippen molar-refractivity contribution in [1.82, 2.24) is 0 Å². The van der Waals surface area contributed by atoms with E-state index in [1.54, 1.807) is 0 Å². The van der Waals surface area contributed by atoms with Gasteiger partial charge in [0.05, 0.1) is 16.7 Å². The van der Waals surface area contributed by atoms with Gasteiger partial charge in [-0.1, -0.05) is 0 Å². The standard InChI is InChI=1S/C11H8O7.Na.H/c1-4(12)5-2-3-6(9(13)14)8(11(17)18)7(5)10(15)16;;/h2-3H,1H3,(H,13,14)(H,15,16)(H,17,18);;. The van der Waals surface area contributed by atoms with Gasteiger partial charge < -0.3 is 15.3 Å². The van der Waals surface area contributed by atoms with Crippen molar-refractivity contribution >= 4 is 53.2 Å². The van der Waals surface area contributed by atoms with E-state index in [-0.39, 0.29) is 35.1 Å². The van der Waals surface area contributed by atoms with Gasteiger partial charge in [0, 0.05) is 5.56 Å². The number of aromatic carboxylic acids is 3. The van der Waals surface area contributed by atoms with Gasteiger partial charge in [0.15, 0.2) is 5.78 Å². The Bertz CT molecular complexity index is 526. The SMILES string of the molecule is CC(=O)c1ccc(C(=O)O)c(C(=O)O)c1C(=O)O.[NaH]. The molecule has 3 N–H and O–H groups in total. The molecule has 0 saturated carbocycles. The summed E-state index contributed by atoms with van der Waals surface area (Å²) in [5.41, 5.74) is -2.73. The van der Waals surface area contributed by atoms with Crippen LogP contribution in [0.2, 0.25) is 0 Å². The van der Waals surface area contributed by atoms with Gasteiger partial charge in [0.2, 0.25) is 0 Å². The first kappa shape index (κ1) is 17.3. The van der Waals surface area contributed by atoms with E-state index in [2.05, 4.69) is 0 Å². The van der Waals surface area contributed by atoms with Crippen molar-refractivity contribution in [2.24, 2.45) is 0 Å². The average molecular weight is 276 g/mol. The van der Waals surface area contributed by atoms with Gasteiger partial charge in [-0.05, 0) is 19.1 Å². The van der Waals surface area contributed by atoms with Crippen molar-refractivity contribution in [3.05, 3.63) is 34.4 Å². The molecule has 96 valence electrons. The number of benzene rings is 1. The van der Waals surface area contributed by atoms with Gasteiger partial charge in [-0.15, -0.1) is 0 Å². The minimum absolute atomic E-state index is 0. The number of carboxylic acids is 3. The van der Waals surface area contributed by atoms with Crippen LogP contribution in [0.4, 0.5) is 0 Å². The van der Waals surface area contributed by atoms with Crippen molar-refractivity contribution in [2.75, 3.05) is 0 Å². The molecule has 7 nitrogen and oxygen atoms in total. The summed E-state index contributed by atoms with van der Waals surface area (Å²) in [4.78, 5) is 44.1. The Labute approximate surface area is 129 Å². The van der Waals surface area contributed by atoms with Crippen LogP contribution in [0.3, 0.4) is 0 Å². The normalized spacial score (nSPS) is 9.32. The Morgan fingerprint density at radius 3 is 1.47 bits per heavy atom. The zero-order valence-electron chi connectivity index (χ0n) is 9.13. The molecular weight excluding hydrogens is 267 g/mol. The van der Waals surface area contributed by atoms with Crippen LogP contribution in [-0.2, 0) is 0 Å². The molecule has 0 fully saturated rings. The number of ketones is 1. The van der Waals surface area contributed by atoms with E-state index in [0.717, 1.165) is 19.1 Å². The Hall–Kier alpha value is -1.70. The molecule has 0 atom stereocenters. The molecule has 0 bridgehead atoms. The fraction of sp³-hybridized carbons (Fsp3) is 0.0909. The van der Waals surface area contributed by atoms with Crippen LogP contribution < -0.4 is 0 Å². The summed E-state index contributed by atoms with van der Waals surface area (Å²) in [6, 6.07) is 1.89. The molecule has 0 heterocycles. The summed E-state index contributed by atoms with van der Waals surface area (Å²) < 4.78 is 0. The van der Waals surface area contributed by atoms with Crippen molar-refractivity contribution in [3.8, 4) is 0 Å². The molecule has 1 aromatic carbocycles. The van der Waals surface area contributed by atoms with E-state index in [0.29, 0.717) is 0 Å². The maximum atomic E-state index is 11.2. The molecule has 0 aliphatic heterocycles. The van der Waals surface area contributed by atoms with Crippen LogP contribution in [0.15, 0.2) is 12.1 Å². The fourth-order valence-corrected chi connectivity index (χ4v) is 1.52. The van der Waals surface area contributed by atoms with Crippen molar-refractivity contribution in [2.45, 2.75) is 6.92 Å². The van der Waals surface area contributed by atoms with Crippen LogP contribution in [0, 0.1) is 0 Å². The van der Waals surface area contributed by atoms with Gasteiger partial charge in [-0.3, -0.25) is 4.79 Å². The summed E-state index contributed by atoms with van der Waals surface area (Å²) in [6.07, 6.45) is 0. The number of hydrogen-bond acceptors (Lipinski definition) is 4. The van der Waals surface area contributed by atoms with Crippen LogP contribution in [0.5, 0.6) is 0 Å². The molecule has 0 aliphatic rings. The molecule has 0 aliphatic carbocycles. The third-order valence-corrected chi connectivity index (χ3v) is 2.24. The second-order valence-corrected chi connectivity index (χ2v) is 3.38. The van der Waals surface area contributed by atoms with Gasteiger partial charge in [-0.25, -0.2) is 14.4 Å². The second kappa shape index (κ2) is 6.46. The zero-order chi connectivity index (χ0) is 14.0. The molecule has 0 radical (unpaired) electrons. The van der Waals surface area contributed by atoms with Gasteiger partial charge in [0.25, 0.3) is 0 Å². The van der Waals surface area contributed by atoms with Crippen LogP contribution in [-0.4, -0.2) is 68.6 Å². The maximum absolute atomic E-state index is 11.2. The summed E-state index contributed by atoms with van der Waals surface area (Å²) in [5, 5.41) is 26.7. The topological polar surface area (TPSA) is 129 Å². The fourth-order valence-electron chi connectivity index (χ4n) is 1.52. The number of carbonyl (C=O) groups excluding carboxylic acids is 1. The average Bonchev–Trinajstić information content (AvgIpc) is 2.26. The molecule has 1 rings (SSSR count). The number of rotatable bonds is 4. The number of Topliss-reactive ketones (excluding diaryl/α,β-unsaturated/α-hetero) is 1. The van der Waals surface area contributed by atoms with Crippen molar-refractivity contribution < 1.29 is 34.5 Å². The predicted molar refractivity (Wildman–Crippen MR) is 64.5 cm³/mol. The molecular formula is C11H9NaO7. The quantitative estimate of drug-likeness (QED) is 0.534. The van der Waals surface area contributed by atoms with E-state index >= 15 is 0 Å². The Morgan fingerprint density at radius 1 is 0.789 bits per heavy atom. The first-order valence-corrected chi connectivity index (χ1v) is 4.65. The third kappa shape index (κ3) is 3.40. The van der Waals surface area contributed by atoms with E-state index in [1.165, 1.54) is 0 Å². The first-order valence-electron chi connectivity index (χ1n) is 4.65. The first-order chi connectivity index (χ1) is 8.27. The minimum atomic E-state index is -1.71.